The van der Waals surface area contributed by atoms with Gasteiger partial charge in [-0.3, -0.25) is 4.79 Å². The van der Waals surface area contributed by atoms with Crippen LogP contribution in [-0.2, 0) is 14.6 Å². The molecule has 0 unspecified atom stereocenters. The first-order valence-electron chi connectivity index (χ1n) is 7.32. The minimum atomic E-state index is -3.07. The van der Waals surface area contributed by atoms with Crippen LogP contribution in [0.2, 0.25) is 5.02 Å². The fourth-order valence-electron chi connectivity index (χ4n) is 2.72. The van der Waals surface area contributed by atoms with Gasteiger partial charge < -0.3 is 4.90 Å². The number of halogens is 1. The van der Waals surface area contributed by atoms with E-state index in [0.29, 0.717) is 15.9 Å². The second-order valence-electron chi connectivity index (χ2n) is 6.01. The molecule has 0 saturated carbocycles. The molecule has 8 heteroatoms. The molecule has 1 amide bonds. The van der Waals surface area contributed by atoms with Crippen LogP contribution in [0.4, 0.5) is 5.69 Å². The number of aliphatic imine (C=N–C) groups is 1. The minimum absolute atomic E-state index is 0.0603. The summed E-state index contributed by atoms with van der Waals surface area (Å²) in [6.45, 7) is 3.58. The zero-order valence-electron chi connectivity index (χ0n) is 12.8. The molecular formula is C15H17ClN2O3S2. The highest BCUT2D eigenvalue weighted by molar-refractivity contribution is 8.16. The summed E-state index contributed by atoms with van der Waals surface area (Å²) in [6.07, 6.45) is 0. The Morgan fingerprint density at radius 2 is 2.04 bits per heavy atom. The molecule has 2 heterocycles. The number of nitrogens with zero attached hydrogens (tertiary/aromatic N) is 2. The van der Waals surface area contributed by atoms with Crippen LogP contribution in [0, 0.1) is 5.92 Å². The second kappa shape index (κ2) is 6.11. The number of carbonyl (C=O) groups is 1. The van der Waals surface area contributed by atoms with Crippen molar-refractivity contribution in [1.29, 1.82) is 0 Å². The number of fused-ring (bicyclic) bond motifs is 1. The lowest BCUT2D eigenvalue weighted by atomic mass is 10.2. The molecule has 23 heavy (non-hydrogen) atoms. The van der Waals surface area contributed by atoms with Crippen LogP contribution >= 0.6 is 23.4 Å². The van der Waals surface area contributed by atoms with Crippen molar-refractivity contribution in [2.75, 3.05) is 16.4 Å². The lowest BCUT2D eigenvalue weighted by Gasteiger charge is -2.25. The van der Waals surface area contributed by atoms with E-state index in [9.17, 15) is 13.2 Å². The summed E-state index contributed by atoms with van der Waals surface area (Å²) in [5.74, 6) is -0.254. The molecule has 1 aromatic carbocycles. The highest BCUT2D eigenvalue weighted by atomic mass is 35.5. The zero-order valence-corrected chi connectivity index (χ0v) is 15.2. The summed E-state index contributed by atoms with van der Waals surface area (Å²) >= 11 is 7.65. The molecule has 2 saturated heterocycles. The second-order valence-corrected chi connectivity index (χ2v) is 9.78. The van der Waals surface area contributed by atoms with Gasteiger partial charge in [0.2, 0.25) is 0 Å². The Balaban J connectivity index is 2.05. The van der Waals surface area contributed by atoms with Crippen LogP contribution in [0.3, 0.4) is 0 Å². The molecule has 3 rings (SSSR count). The molecule has 2 aliphatic heterocycles. The smallest absolute Gasteiger partial charge is 0.250 e. The lowest BCUT2D eigenvalue weighted by molar-refractivity contribution is -0.120. The van der Waals surface area contributed by atoms with Gasteiger partial charge in [0, 0.05) is 11.2 Å². The van der Waals surface area contributed by atoms with E-state index < -0.39 is 9.84 Å². The molecule has 2 aliphatic rings. The third kappa shape index (κ3) is 3.27. The summed E-state index contributed by atoms with van der Waals surface area (Å²) in [4.78, 5) is 18.1. The number of amidine groups is 1. The van der Waals surface area contributed by atoms with Crippen molar-refractivity contribution in [2.45, 2.75) is 25.1 Å². The van der Waals surface area contributed by atoms with Crippen molar-refractivity contribution in [1.82, 2.24) is 0 Å². The van der Waals surface area contributed by atoms with Crippen LogP contribution in [-0.4, -0.2) is 42.3 Å². The first-order valence-corrected chi connectivity index (χ1v) is 10.4. The van der Waals surface area contributed by atoms with E-state index >= 15 is 0 Å². The summed E-state index contributed by atoms with van der Waals surface area (Å²) in [5.41, 5.74) is 0.696. The van der Waals surface area contributed by atoms with Gasteiger partial charge in [-0.2, -0.15) is 4.99 Å². The average molecular weight is 373 g/mol. The van der Waals surface area contributed by atoms with E-state index in [2.05, 4.69) is 4.99 Å². The molecule has 5 nitrogen and oxygen atoms in total. The predicted octanol–water partition coefficient (Wildman–Crippen LogP) is 2.60. The number of benzene rings is 1. The number of para-hydroxylation sites is 1. The Morgan fingerprint density at radius 3 is 2.70 bits per heavy atom. The monoisotopic (exact) mass is 372 g/mol. The third-order valence-corrected chi connectivity index (χ3v) is 7.41. The number of hydrogen-bond acceptors (Lipinski definition) is 4. The fourth-order valence-corrected chi connectivity index (χ4v) is 6.86. The van der Waals surface area contributed by atoms with Crippen molar-refractivity contribution >= 4 is 50.0 Å². The van der Waals surface area contributed by atoms with Crippen LogP contribution in [0.25, 0.3) is 0 Å². The summed E-state index contributed by atoms with van der Waals surface area (Å²) in [5, 5.41) is 0.944. The summed E-state index contributed by atoms with van der Waals surface area (Å²) < 4.78 is 23.9. The van der Waals surface area contributed by atoms with Crippen LogP contribution in [0.5, 0.6) is 0 Å². The molecule has 0 radical (unpaired) electrons. The topological polar surface area (TPSA) is 66.8 Å². The van der Waals surface area contributed by atoms with Gasteiger partial charge in [-0.1, -0.05) is 49.3 Å². The maximum atomic E-state index is 12.0. The number of thioether (sulfide) groups is 1. The maximum Gasteiger partial charge on any atom is 0.250 e. The van der Waals surface area contributed by atoms with Gasteiger partial charge in [0.1, 0.15) is 0 Å². The maximum absolute atomic E-state index is 12.0. The van der Waals surface area contributed by atoms with Crippen molar-refractivity contribution in [2.24, 2.45) is 10.9 Å². The number of amides is 1. The van der Waals surface area contributed by atoms with Crippen LogP contribution in [0.15, 0.2) is 29.3 Å². The molecule has 2 atom stereocenters. The largest absolute Gasteiger partial charge is 0.314 e. The summed E-state index contributed by atoms with van der Waals surface area (Å²) in [6, 6.07) is 6.99. The van der Waals surface area contributed by atoms with E-state index in [1.165, 1.54) is 11.8 Å². The van der Waals surface area contributed by atoms with Gasteiger partial charge in [0.25, 0.3) is 5.91 Å². The molecule has 0 N–H and O–H groups in total. The van der Waals surface area contributed by atoms with Crippen LogP contribution in [0.1, 0.15) is 13.8 Å². The minimum Gasteiger partial charge on any atom is -0.314 e. The first-order chi connectivity index (χ1) is 10.8. The number of rotatable bonds is 2. The average Bonchev–Trinajstić information content (AvgIpc) is 2.91. The number of anilines is 1. The van der Waals surface area contributed by atoms with E-state index in [1.54, 1.807) is 19.9 Å². The number of hydrogen-bond donors (Lipinski definition) is 0. The molecule has 2 fully saturated rings. The normalized spacial score (nSPS) is 27.7. The Morgan fingerprint density at radius 1 is 1.35 bits per heavy atom. The highest BCUT2D eigenvalue weighted by Gasteiger charge is 2.49. The SMILES string of the molecule is CC(C)C(=O)N=C1S[C@@H]2CS(=O)(=O)C[C@@H]2N1c1ccccc1Cl. The van der Waals surface area contributed by atoms with Crippen molar-refractivity contribution < 1.29 is 13.2 Å². The Bertz CT molecular complexity index is 777. The quantitative estimate of drug-likeness (QED) is 0.798. The first kappa shape index (κ1) is 16.8. The zero-order chi connectivity index (χ0) is 16.8. The highest BCUT2D eigenvalue weighted by Crippen LogP contribution is 2.43. The van der Waals surface area contributed by atoms with E-state index in [1.807, 2.05) is 23.1 Å². The van der Waals surface area contributed by atoms with Gasteiger partial charge in [-0.05, 0) is 12.1 Å². The van der Waals surface area contributed by atoms with Gasteiger partial charge >= 0.3 is 0 Å². The molecular weight excluding hydrogens is 356 g/mol. The van der Waals surface area contributed by atoms with Crippen molar-refractivity contribution in [3.05, 3.63) is 29.3 Å². The molecule has 0 aliphatic carbocycles. The van der Waals surface area contributed by atoms with Gasteiger partial charge in [-0.25, -0.2) is 8.42 Å². The lowest BCUT2D eigenvalue weighted by Crippen LogP contribution is -2.38. The van der Waals surface area contributed by atoms with Gasteiger partial charge in [0.15, 0.2) is 15.0 Å². The van der Waals surface area contributed by atoms with E-state index in [-0.39, 0.29) is 34.6 Å². The molecule has 0 bridgehead atoms. The van der Waals surface area contributed by atoms with E-state index in [4.69, 9.17) is 11.6 Å². The Hall–Kier alpha value is -1.05. The molecule has 0 spiro atoms. The Kier molecular flexibility index (Phi) is 4.46. The Labute approximate surface area is 145 Å². The summed E-state index contributed by atoms with van der Waals surface area (Å²) in [7, 11) is -3.07. The molecule has 124 valence electrons. The molecule has 0 aromatic heterocycles. The van der Waals surface area contributed by atoms with Crippen molar-refractivity contribution in [3.63, 3.8) is 0 Å². The predicted molar refractivity (Wildman–Crippen MR) is 95.0 cm³/mol. The standard InChI is InChI=1S/C15H17ClN2O3S2/c1-9(2)14(19)17-15-18(11-6-4-3-5-10(11)16)12-7-23(20,21)8-13(12)22-15/h3-6,9,12-13H,7-8H2,1-2H3/t12-,13+/m0/s1. The van der Waals surface area contributed by atoms with E-state index in [0.717, 1.165) is 0 Å². The number of carbonyl (C=O) groups excluding carboxylic acids is 1. The third-order valence-electron chi connectivity index (χ3n) is 3.88. The van der Waals surface area contributed by atoms with Crippen LogP contribution < -0.4 is 4.90 Å². The fraction of sp³-hybridized carbons (Fsp3) is 0.467. The van der Waals surface area contributed by atoms with Gasteiger partial charge in [-0.15, -0.1) is 0 Å². The van der Waals surface area contributed by atoms with Crippen molar-refractivity contribution in [3.8, 4) is 0 Å². The number of sulfone groups is 1. The van der Waals surface area contributed by atoms with Gasteiger partial charge in [0.05, 0.1) is 28.3 Å². The molecule has 1 aromatic rings.